The van der Waals surface area contributed by atoms with Crippen LogP contribution < -0.4 is 4.74 Å². The lowest BCUT2D eigenvalue weighted by molar-refractivity contribution is 0.0763. The maximum Gasteiger partial charge on any atom is 0.256 e. The van der Waals surface area contributed by atoms with E-state index in [4.69, 9.17) is 4.74 Å². The van der Waals surface area contributed by atoms with Crippen molar-refractivity contribution in [1.29, 1.82) is 0 Å². The van der Waals surface area contributed by atoms with Gasteiger partial charge in [-0.05, 0) is 29.8 Å². The molecule has 0 aliphatic carbocycles. The summed E-state index contributed by atoms with van der Waals surface area (Å²) in [6, 6.07) is 5.83. The fourth-order valence-corrected chi connectivity index (χ4v) is 3.93. The van der Waals surface area contributed by atoms with E-state index in [1.807, 2.05) is 0 Å². The molecule has 0 spiro atoms. The molecule has 1 aliphatic heterocycles. The third kappa shape index (κ3) is 3.00. The first kappa shape index (κ1) is 19.1. The number of amides is 1. The lowest BCUT2D eigenvalue weighted by Gasteiger charge is -2.17. The Morgan fingerprint density at radius 1 is 1.13 bits per heavy atom. The number of carbonyl (C=O) groups is 1. The van der Waals surface area contributed by atoms with Crippen LogP contribution in [0.4, 0.5) is 8.78 Å². The molecule has 0 unspecified atom stereocenters. The molecule has 0 fully saturated rings. The number of aromatic nitrogens is 4. The number of pyridine rings is 2. The summed E-state index contributed by atoms with van der Waals surface area (Å²) in [4.78, 5) is 22.3. The fourth-order valence-electron chi connectivity index (χ4n) is 3.93. The smallest absolute Gasteiger partial charge is 0.256 e. The molecule has 1 aromatic carbocycles. The van der Waals surface area contributed by atoms with Crippen LogP contribution in [-0.2, 0) is 20.1 Å². The summed E-state index contributed by atoms with van der Waals surface area (Å²) in [7, 11) is 3.23. The number of carbonyl (C=O) groups excluding carboxylic acids is 1. The largest absolute Gasteiger partial charge is 0.479 e. The SMILES string of the molecule is COc1ncc(-c2cc(F)c(CN3Cc4ncccc4C3=O)c(F)c2)c2cnn(C)c12. The highest BCUT2D eigenvalue weighted by molar-refractivity contribution is 5.98. The van der Waals surface area contributed by atoms with Gasteiger partial charge in [-0.3, -0.25) is 14.5 Å². The molecule has 9 heteroatoms. The molecule has 0 atom stereocenters. The Morgan fingerprint density at radius 3 is 2.61 bits per heavy atom. The first-order valence-electron chi connectivity index (χ1n) is 9.54. The fraction of sp³-hybridized carbons (Fsp3) is 0.182. The summed E-state index contributed by atoms with van der Waals surface area (Å²) < 4.78 is 36.9. The normalized spacial score (nSPS) is 13.2. The van der Waals surface area contributed by atoms with E-state index in [2.05, 4.69) is 15.1 Å². The molecule has 1 aliphatic rings. The highest BCUT2D eigenvalue weighted by atomic mass is 19.1. The minimum atomic E-state index is -0.737. The van der Waals surface area contributed by atoms with Crippen LogP contribution in [0, 0.1) is 11.6 Å². The Labute approximate surface area is 175 Å². The van der Waals surface area contributed by atoms with Crippen molar-refractivity contribution >= 4 is 16.8 Å². The average Bonchev–Trinajstić information content (AvgIpc) is 3.30. The molecule has 4 heterocycles. The van der Waals surface area contributed by atoms with Gasteiger partial charge in [-0.25, -0.2) is 13.8 Å². The van der Waals surface area contributed by atoms with Crippen molar-refractivity contribution in [2.75, 3.05) is 7.11 Å². The zero-order chi connectivity index (χ0) is 21.7. The number of hydrogen-bond acceptors (Lipinski definition) is 5. The van der Waals surface area contributed by atoms with E-state index in [9.17, 15) is 13.6 Å². The summed E-state index contributed by atoms with van der Waals surface area (Å²) in [6.07, 6.45) is 4.70. The Bertz CT molecular complexity index is 1330. The van der Waals surface area contributed by atoms with Crippen molar-refractivity contribution in [1.82, 2.24) is 24.6 Å². The Hall–Kier alpha value is -3.88. The summed E-state index contributed by atoms with van der Waals surface area (Å²) in [5, 5.41) is 4.87. The average molecular weight is 421 g/mol. The number of ether oxygens (including phenoxy) is 1. The highest BCUT2D eigenvalue weighted by Gasteiger charge is 2.29. The van der Waals surface area contributed by atoms with Crippen molar-refractivity contribution in [3.8, 4) is 17.0 Å². The molecule has 0 bridgehead atoms. The number of benzene rings is 1. The molecule has 0 saturated heterocycles. The molecule has 3 aromatic heterocycles. The van der Waals surface area contributed by atoms with Crippen LogP contribution in [0.25, 0.3) is 22.0 Å². The third-order valence-electron chi connectivity index (χ3n) is 5.49. The van der Waals surface area contributed by atoms with Crippen LogP contribution >= 0.6 is 0 Å². The van der Waals surface area contributed by atoms with Crippen LogP contribution in [-0.4, -0.2) is 37.7 Å². The minimum Gasteiger partial charge on any atom is -0.479 e. The monoisotopic (exact) mass is 421 g/mol. The van der Waals surface area contributed by atoms with Gasteiger partial charge < -0.3 is 9.64 Å². The van der Waals surface area contributed by atoms with E-state index in [-0.39, 0.29) is 24.6 Å². The third-order valence-corrected chi connectivity index (χ3v) is 5.49. The van der Waals surface area contributed by atoms with Crippen LogP contribution in [0.3, 0.4) is 0 Å². The van der Waals surface area contributed by atoms with Crippen LogP contribution in [0.2, 0.25) is 0 Å². The van der Waals surface area contributed by atoms with Crippen LogP contribution in [0.15, 0.2) is 42.9 Å². The summed E-state index contributed by atoms with van der Waals surface area (Å²) in [6.45, 7) is 0.0324. The number of halogens is 2. The van der Waals surface area contributed by atoms with Crippen molar-refractivity contribution in [3.05, 3.63) is 71.3 Å². The zero-order valence-corrected chi connectivity index (χ0v) is 16.8. The summed E-state index contributed by atoms with van der Waals surface area (Å²) in [5.74, 6) is -1.39. The Morgan fingerprint density at radius 2 is 1.90 bits per heavy atom. The zero-order valence-electron chi connectivity index (χ0n) is 16.8. The molecule has 1 amide bonds. The molecule has 31 heavy (non-hydrogen) atoms. The summed E-state index contributed by atoms with van der Waals surface area (Å²) >= 11 is 0. The van der Waals surface area contributed by atoms with Gasteiger partial charge in [-0.2, -0.15) is 5.10 Å². The lowest BCUT2D eigenvalue weighted by atomic mass is 10.0. The number of fused-ring (bicyclic) bond motifs is 2. The van der Waals surface area contributed by atoms with Crippen LogP contribution in [0.5, 0.6) is 5.88 Å². The number of rotatable bonds is 4. The second-order valence-electron chi connectivity index (χ2n) is 7.29. The van der Waals surface area contributed by atoms with Gasteiger partial charge in [0.15, 0.2) is 0 Å². The predicted octanol–water partition coefficient (Wildman–Crippen LogP) is 3.47. The maximum atomic E-state index is 15.0. The number of aryl methyl sites for hydroxylation is 1. The second kappa shape index (κ2) is 7.12. The first-order chi connectivity index (χ1) is 15.0. The first-order valence-corrected chi connectivity index (χ1v) is 9.54. The molecular weight excluding hydrogens is 404 g/mol. The van der Waals surface area contributed by atoms with E-state index in [1.54, 1.807) is 36.3 Å². The highest BCUT2D eigenvalue weighted by Crippen LogP contribution is 2.34. The molecule has 0 radical (unpaired) electrons. The quantitative estimate of drug-likeness (QED) is 0.505. The van der Waals surface area contributed by atoms with Gasteiger partial charge in [0.25, 0.3) is 5.91 Å². The molecule has 4 aromatic rings. The molecule has 156 valence electrons. The molecule has 5 rings (SSSR count). The van der Waals surface area contributed by atoms with E-state index >= 15 is 0 Å². The Kier molecular flexibility index (Phi) is 4.39. The van der Waals surface area contributed by atoms with Gasteiger partial charge in [0, 0.05) is 36.0 Å². The van der Waals surface area contributed by atoms with Gasteiger partial charge >= 0.3 is 0 Å². The van der Waals surface area contributed by atoms with Crippen molar-refractivity contribution in [3.63, 3.8) is 0 Å². The van der Waals surface area contributed by atoms with Crippen molar-refractivity contribution in [2.24, 2.45) is 7.05 Å². The van der Waals surface area contributed by atoms with Crippen molar-refractivity contribution in [2.45, 2.75) is 13.1 Å². The van der Waals surface area contributed by atoms with E-state index < -0.39 is 11.6 Å². The van der Waals surface area contributed by atoms with Gasteiger partial charge in [0.05, 0.1) is 37.7 Å². The molecule has 7 nitrogen and oxygen atoms in total. The number of methoxy groups -OCH3 is 1. The predicted molar refractivity (Wildman–Crippen MR) is 108 cm³/mol. The van der Waals surface area contributed by atoms with Gasteiger partial charge in [-0.1, -0.05) is 0 Å². The topological polar surface area (TPSA) is 73.1 Å². The van der Waals surface area contributed by atoms with E-state index in [0.717, 1.165) is 0 Å². The maximum absolute atomic E-state index is 15.0. The van der Waals surface area contributed by atoms with Gasteiger partial charge in [0.2, 0.25) is 5.88 Å². The van der Waals surface area contributed by atoms with Gasteiger partial charge in [-0.15, -0.1) is 0 Å². The van der Waals surface area contributed by atoms with Crippen LogP contribution in [0.1, 0.15) is 21.6 Å². The molecule has 0 saturated carbocycles. The van der Waals surface area contributed by atoms with E-state index in [0.29, 0.717) is 39.2 Å². The minimum absolute atomic E-state index is 0.172. The Balaban J connectivity index is 1.51. The molecular formula is C22H17F2N5O2. The summed E-state index contributed by atoms with van der Waals surface area (Å²) in [5.41, 5.74) is 2.37. The van der Waals surface area contributed by atoms with Gasteiger partial charge in [0.1, 0.15) is 17.2 Å². The van der Waals surface area contributed by atoms with E-state index in [1.165, 1.54) is 30.3 Å². The second-order valence-corrected chi connectivity index (χ2v) is 7.29. The standard InChI is InChI=1S/C22H17F2N5O2/c1-28-20-15(9-27-28)14(8-26-21(20)31-2)12-6-17(23)16(18(24)7-12)10-29-11-19-13(22(29)30)4-3-5-25-19/h3-9H,10-11H2,1-2H3. The number of hydrogen-bond donors (Lipinski definition) is 0. The molecule has 0 N–H and O–H groups in total. The van der Waals surface area contributed by atoms with Crippen molar-refractivity contribution < 1.29 is 18.3 Å². The number of nitrogens with zero attached hydrogens (tertiary/aromatic N) is 5. The lowest BCUT2D eigenvalue weighted by Crippen LogP contribution is -2.24.